The van der Waals surface area contributed by atoms with Crippen LogP contribution in [0.4, 0.5) is 0 Å². The van der Waals surface area contributed by atoms with Gasteiger partial charge in [0.15, 0.2) is 0 Å². The molecular formula is C13H13ClS. The molecule has 15 heavy (non-hydrogen) atoms. The number of halogens is 1. The summed E-state index contributed by atoms with van der Waals surface area (Å²) in [4.78, 5) is 2.76. The van der Waals surface area contributed by atoms with E-state index in [4.69, 9.17) is 11.6 Å². The van der Waals surface area contributed by atoms with Gasteiger partial charge in [-0.15, -0.1) is 11.3 Å². The lowest BCUT2D eigenvalue weighted by molar-refractivity contribution is 1.41. The molecule has 1 aliphatic rings. The van der Waals surface area contributed by atoms with Crippen LogP contribution in [0.15, 0.2) is 35.4 Å². The highest BCUT2D eigenvalue weighted by Crippen LogP contribution is 2.30. The largest absolute Gasteiger partial charge is 0.141 e. The van der Waals surface area contributed by atoms with Crippen molar-refractivity contribution in [2.45, 2.75) is 20.3 Å². The molecule has 0 saturated heterocycles. The van der Waals surface area contributed by atoms with Gasteiger partial charge in [0.2, 0.25) is 0 Å². The summed E-state index contributed by atoms with van der Waals surface area (Å²) in [5.74, 6) is 0. The molecule has 0 radical (unpaired) electrons. The van der Waals surface area contributed by atoms with Crippen LogP contribution in [-0.2, 0) is 0 Å². The number of allylic oxidation sites excluding steroid dienone is 6. The summed E-state index contributed by atoms with van der Waals surface area (Å²) in [6.45, 7) is 4.32. The van der Waals surface area contributed by atoms with Crippen molar-refractivity contribution in [1.82, 2.24) is 0 Å². The van der Waals surface area contributed by atoms with E-state index in [2.05, 4.69) is 32.1 Å². The molecule has 1 aromatic rings. The molecule has 0 spiro atoms. The molecule has 1 heterocycles. The van der Waals surface area contributed by atoms with E-state index in [9.17, 15) is 0 Å². The summed E-state index contributed by atoms with van der Waals surface area (Å²) < 4.78 is 0. The molecule has 0 unspecified atom stereocenters. The Kier molecular flexibility index (Phi) is 3.13. The lowest BCUT2D eigenvalue weighted by atomic mass is 10.1. The lowest BCUT2D eigenvalue weighted by Crippen LogP contribution is -1.75. The Morgan fingerprint density at radius 3 is 2.73 bits per heavy atom. The number of hydrogen-bond donors (Lipinski definition) is 0. The number of rotatable bonds is 1. The molecule has 1 aliphatic carbocycles. The molecule has 0 nitrogen and oxygen atoms in total. The Balaban J connectivity index is 2.36. The molecule has 1 aromatic heterocycles. The van der Waals surface area contributed by atoms with Crippen molar-refractivity contribution in [3.05, 3.63) is 50.7 Å². The standard InChI is InChI=1S/C13H13ClS/c1-9-8-13(15-10(9)2)11-4-3-5-12(14)7-6-11/h3,5-8H,4H2,1-2H3. The fraction of sp³-hybridized carbons (Fsp3) is 0.231. The third-order valence-corrected chi connectivity index (χ3v) is 4.02. The van der Waals surface area contributed by atoms with Crippen LogP contribution in [0.3, 0.4) is 0 Å². The summed E-state index contributed by atoms with van der Waals surface area (Å²) >= 11 is 7.80. The zero-order valence-corrected chi connectivity index (χ0v) is 10.5. The van der Waals surface area contributed by atoms with Crippen LogP contribution in [0.5, 0.6) is 0 Å². The normalized spacial score (nSPS) is 15.9. The first-order chi connectivity index (χ1) is 7.16. The highest BCUT2D eigenvalue weighted by atomic mass is 35.5. The van der Waals surface area contributed by atoms with Crippen LogP contribution in [0.25, 0.3) is 5.57 Å². The van der Waals surface area contributed by atoms with Gasteiger partial charge in [0.25, 0.3) is 0 Å². The summed E-state index contributed by atoms with van der Waals surface area (Å²) in [6, 6.07) is 2.26. The first-order valence-corrected chi connectivity index (χ1v) is 6.16. The van der Waals surface area contributed by atoms with Gasteiger partial charge in [0, 0.05) is 14.8 Å². The molecule has 0 N–H and O–H groups in total. The predicted molar refractivity (Wildman–Crippen MR) is 69.5 cm³/mol. The molecule has 0 saturated carbocycles. The highest BCUT2D eigenvalue weighted by molar-refractivity contribution is 7.13. The van der Waals surface area contributed by atoms with Crippen LogP contribution in [0.1, 0.15) is 21.7 Å². The average Bonchev–Trinajstić information content (AvgIpc) is 2.41. The van der Waals surface area contributed by atoms with Gasteiger partial charge in [-0.05, 0) is 49.6 Å². The Labute approximate surface area is 99.6 Å². The second kappa shape index (κ2) is 4.38. The van der Waals surface area contributed by atoms with Gasteiger partial charge in [-0.1, -0.05) is 23.8 Å². The van der Waals surface area contributed by atoms with Crippen molar-refractivity contribution < 1.29 is 0 Å². The first-order valence-electron chi connectivity index (χ1n) is 4.97. The molecule has 0 amide bonds. The summed E-state index contributed by atoms with van der Waals surface area (Å²) in [5, 5.41) is 0.801. The average molecular weight is 237 g/mol. The van der Waals surface area contributed by atoms with Crippen molar-refractivity contribution in [3.8, 4) is 0 Å². The van der Waals surface area contributed by atoms with Gasteiger partial charge in [0.05, 0.1) is 0 Å². The highest BCUT2D eigenvalue weighted by Gasteiger charge is 2.06. The van der Waals surface area contributed by atoms with Crippen molar-refractivity contribution in [3.63, 3.8) is 0 Å². The monoisotopic (exact) mass is 236 g/mol. The number of thiophene rings is 1. The SMILES string of the molecule is Cc1cc(C2=CC=C(Cl)C=CC2)sc1C. The second-order valence-electron chi connectivity index (χ2n) is 3.70. The number of aryl methyl sites for hydroxylation is 2. The van der Waals surface area contributed by atoms with Crippen LogP contribution in [0.2, 0.25) is 0 Å². The smallest absolute Gasteiger partial charge is 0.0403 e. The minimum atomic E-state index is 0.801. The summed E-state index contributed by atoms with van der Waals surface area (Å²) in [5.41, 5.74) is 2.72. The Hall–Kier alpha value is -0.790. The fourth-order valence-electron chi connectivity index (χ4n) is 1.52. The zero-order chi connectivity index (χ0) is 10.8. The molecule has 0 aromatic carbocycles. The van der Waals surface area contributed by atoms with E-state index in [1.165, 1.54) is 20.9 Å². The van der Waals surface area contributed by atoms with Gasteiger partial charge in [-0.2, -0.15) is 0 Å². The zero-order valence-electron chi connectivity index (χ0n) is 8.88. The van der Waals surface area contributed by atoms with E-state index >= 15 is 0 Å². The van der Waals surface area contributed by atoms with Gasteiger partial charge in [0.1, 0.15) is 0 Å². The topological polar surface area (TPSA) is 0 Å². The van der Waals surface area contributed by atoms with E-state index in [0.29, 0.717) is 0 Å². The van der Waals surface area contributed by atoms with Crippen LogP contribution >= 0.6 is 22.9 Å². The van der Waals surface area contributed by atoms with Gasteiger partial charge in [-0.3, -0.25) is 0 Å². The maximum atomic E-state index is 5.94. The summed E-state index contributed by atoms with van der Waals surface area (Å²) in [7, 11) is 0. The minimum absolute atomic E-state index is 0.801. The van der Waals surface area contributed by atoms with Crippen LogP contribution in [0, 0.1) is 13.8 Å². The molecular weight excluding hydrogens is 224 g/mol. The predicted octanol–water partition coefficient (Wildman–Crippen LogP) is 4.83. The molecule has 0 atom stereocenters. The quantitative estimate of drug-likeness (QED) is 0.655. The van der Waals surface area contributed by atoms with Gasteiger partial charge >= 0.3 is 0 Å². The second-order valence-corrected chi connectivity index (χ2v) is 5.39. The molecule has 78 valence electrons. The van der Waals surface area contributed by atoms with E-state index in [0.717, 1.165) is 11.5 Å². The maximum Gasteiger partial charge on any atom is 0.0403 e. The van der Waals surface area contributed by atoms with Crippen LogP contribution < -0.4 is 0 Å². The molecule has 0 bridgehead atoms. The Bertz CT molecular complexity index is 441. The van der Waals surface area contributed by atoms with Crippen molar-refractivity contribution >= 4 is 28.5 Å². The van der Waals surface area contributed by atoms with Crippen LogP contribution in [-0.4, -0.2) is 0 Å². The molecule has 2 rings (SSSR count). The van der Waals surface area contributed by atoms with E-state index in [1.54, 1.807) is 0 Å². The Morgan fingerprint density at radius 2 is 2.07 bits per heavy atom. The van der Waals surface area contributed by atoms with Crippen molar-refractivity contribution in [2.75, 3.05) is 0 Å². The molecule has 0 fully saturated rings. The minimum Gasteiger partial charge on any atom is -0.141 e. The lowest BCUT2D eigenvalue weighted by Gasteiger charge is -1.98. The van der Waals surface area contributed by atoms with Crippen molar-refractivity contribution in [1.29, 1.82) is 0 Å². The first kappa shape index (κ1) is 10.7. The third kappa shape index (κ3) is 2.42. The molecule has 0 aliphatic heterocycles. The van der Waals surface area contributed by atoms with E-state index in [-0.39, 0.29) is 0 Å². The Morgan fingerprint density at radius 1 is 1.27 bits per heavy atom. The maximum absolute atomic E-state index is 5.94. The van der Waals surface area contributed by atoms with E-state index < -0.39 is 0 Å². The van der Waals surface area contributed by atoms with Crippen molar-refractivity contribution in [2.24, 2.45) is 0 Å². The fourth-order valence-corrected chi connectivity index (χ4v) is 2.74. The molecule has 2 heteroatoms. The van der Waals surface area contributed by atoms with Gasteiger partial charge < -0.3 is 0 Å². The van der Waals surface area contributed by atoms with E-state index in [1.807, 2.05) is 23.5 Å². The number of hydrogen-bond acceptors (Lipinski definition) is 1. The third-order valence-electron chi connectivity index (χ3n) is 2.54. The van der Waals surface area contributed by atoms with Gasteiger partial charge in [-0.25, -0.2) is 0 Å². The summed E-state index contributed by atoms with van der Waals surface area (Å²) in [6.07, 6.45) is 9.12.